The third-order valence-corrected chi connectivity index (χ3v) is 3.50. The van der Waals surface area contributed by atoms with Gasteiger partial charge in [0.05, 0.1) is 5.39 Å². The summed E-state index contributed by atoms with van der Waals surface area (Å²) in [5.74, 6) is 2.32. The van der Waals surface area contributed by atoms with Gasteiger partial charge in [-0.1, -0.05) is 0 Å². The molecule has 3 rings (SSSR count). The zero-order chi connectivity index (χ0) is 12.5. The Labute approximate surface area is 109 Å². The summed E-state index contributed by atoms with van der Waals surface area (Å²) in [4.78, 5) is 14.4. The molecule has 0 amide bonds. The molecule has 0 atom stereocenters. The second-order valence-corrected chi connectivity index (χ2v) is 4.82. The van der Waals surface area contributed by atoms with Crippen molar-refractivity contribution in [3.05, 3.63) is 23.8 Å². The summed E-state index contributed by atoms with van der Waals surface area (Å²) in [6.45, 7) is 2.89. The van der Waals surface area contributed by atoms with Crippen LogP contribution in [-0.2, 0) is 7.05 Å². The van der Waals surface area contributed by atoms with Crippen molar-refractivity contribution in [2.75, 3.05) is 11.9 Å². The Morgan fingerprint density at radius 1 is 1.39 bits per heavy atom. The number of imidazole rings is 1. The molecule has 0 aliphatic heterocycles. The number of nitrogens with one attached hydrogen (secondary N) is 1. The number of fused-ring (bicyclic) bond motifs is 1. The second kappa shape index (κ2) is 4.38. The number of aromatic nitrogens is 4. The molecule has 0 unspecified atom stereocenters. The van der Waals surface area contributed by atoms with E-state index >= 15 is 0 Å². The standard InChI is InChI=1S/C12H13N5S/c1-3-13-9-8-4-7-18-12(8)16-10(15-9)11-14-5-6-17(11)2/h4-7H,3H2,1-2H3,(H,13,15,16). The third kappa shape index (κ3) is 1.74. The highest BCUT2D eigenvalue weighted by Gasteiger charge is 2.12. The molecule has 3 aromatic rings. The van der Waals surface area contributed by atoms with Crippen LogP contribution in [0.1, 0.15) is 6.92 Å². The Morgan fingerprint density at radius 2 is 2.28 bits per heavy atom. The minimum absolute atomic E-state index is 0.661. The predicted molar refractivity (Wildman–Crippen MR) is 73.8 cm³/mol. The molecular formula is C12H13N5S. The summed E-state index contributed by atoms with van der Waals surface area (Å²) in [5.41, 5.74) is 0. The maximum atomic E-state index is 4.57. The molecule has 0 aliphatic carbocycles. The molecule has 0 aliphatic rings. The Bertz CT molecular complexity index is 685. The smallest absolute Gasteiger partial charge is 0.199 e. The number of nitrogens with zero attached hydrogens (tertiary/aromatic N) is 4. The summed E-state index contributed by atoms with van der Waals surface area (Å²) >= 11 is 1.62. The van der Waals surface area contributed by atoms with Crippen LogP contribution in [0.15, 0.2) is 23.8 Å². The van der Waals surface area contributed by atoms with E-state index in [0.29, 0.717) is 5.82 Å². The maximum absolute atomic E-state index is 4.57. The SMILES string of the molecule is CCNc1nc(-c2nccn2C)nc2sccc12. The number of aryl methyl sites for hydroxylation is 1. The number of rotatable bonds is 3. The number of anilines is 1. The summed E-state index contributed by atoms with van der Waals surface area (Å²) in [7, 11) is 1.94. The van der Waals surface area contributed by atoms with E-state index in [-0.39, 0.29) is 0 Å². The largest absolute Gasteiger partial charge is 0.370 e. The van der Waals surface area contributed by atoms with E-state index < -0.39 is 0 Å². The van der Waals surface area contributed by atoms with Crippen LogP contribution in [0, 0.1) is 0 Å². The van der Waals surface area contributed by atoms with E-state index in [0.717, 1.165) is 28.4 Å². The van der Waals surface area contributed by atoms with Crippen molar-refractivity contribution in [2.45, 2.75) is 6.92 Å². The molecule has 18 heavy (non-hydrogen) atoms. The van der Waals surface area contributed by atoms with Gasteiger partial charge in [0.15, 0.2) is 11.6 Å². The van der Waals surface area contributed by atoms with Gasteiger partial charge in [-0.05, 0) is 18.4 Å². The van der Waals surface area contributed by atoms with E-state index in [9.17, 15) is 0 Å². The average molecular weight is 259 g/mol. The van der Waals surface area contributed by atoms with Crippen LogP contribution in [0.2, 0.25) is 0 Å². The first kappa shape index (κ1) is 11.2. The van der Waals surface area contributed by atoms with Crippen LogP contribution in [0.3, 0.4) is 0 Å². The van der Waals surface area contributed by atoms with Crippen LogP contribution in [0.25, 0.3) is 21.9 Å². The molecule has 0 spiro atoms. The van der Waals surface area contributed by atoms with E-state index in [4.69, 9.17) is 0 Å². The van der Waals surface area contributed by atoms with Crippen molar-refractivity contribution in [2.24, 2.45) is 7.05 Å². The fourth-order valence-electron chi connectivity index (χ4n) is 1.84. The molecule has 1 N–H and O–H groups in total. The molecular weight excluding hydrogens is 246 g/mol. The molecule has 5 nitrogen and oxygen atoms in total. The highest BCUT2D eigenvalue weighted by Crippen LogP contribution is 2.27. The van der Waals surface area contributed by atoms with Crippen LogP contribution < -0.4 is 5.32 Å². The normalized spacial score (nSPS) is 11.0. The lowest BCUT2D eigenvalue weighted by Gasteiger charge is -2.06. The summed E-state index contributed by atoms with van der Waals surface area (Å²) in [5, 5.41) is 6.38. The zero-order valence-corrected chi connectivity index (χ0v) is 11.0. The lowest BCUT2D eigenvalue weighted by Crippen LogP contribution is -2.03. The van der Waals surface area contributed by atoms with Crippen LogP contribution in [-0.4, -0.2) is 26.1 Å². The van der Waals surface area contributed by atoms with Crippen molar-refractivity contribution in [3.63, 3.8) is 0 Å². The Hall–Kier alpha value is -1.95. The van der Waals surface area contributed by atoms with Crippen LogP contribution in [0.5, 0.6) is 0 Å². The van der Waals surface area contributed by atoms with Gasteiger partial charge in [0.1, 0.15) is 10.6 Å². The summed E-state index contributed by atoms with van der Waals surface area (Å²) < 4.78 is 1.92. The number of thiophene rings is 1. The minimum atomic E-state index is 0.661. The molecule has 0 saturated heterocycles. The van der Waals surface area contributed by atoms with Gasteiger partial charge in [-0.25, -0.2) is 15.0 Å². The van der Waals surface area contributed by atoms with E-state index in [1.54, 1.807) is 17.5 Å². The average Bonchev–Trinajstić information content (AvgIpc) is 2.97. The predicted octanol–water partition coefficient (Wildman–Crippen LogP) is 2.52. The van der Waals surface area contributed by atoms with Crippen molar-refractivity contribution >= 4 is 27.4 Å². The maximum Gasteiger partial charge on any atom is 0.199 e. The quantitative estimate of drug-likeness (QED) is 0.785. The van der Waals surface area contributed by atoms with Gasteiger partial charge in [-0.15, -0.1) is 11.3 Å². The molecule has 0 aromatic carbocycles. The Morgan fingerprint density at radius 3 is 3.00 bits per heavy atom. The fourth-order valence-corrected chi connectivity index (χ4v) is 2.60. The number of hydrogen-bond acceptors (Lipinski definition) is 5. The Balaban J connectivity index is 2.21. The number of hydrogen-bond donors (Lipinski definition) is 1. The monoisotopic (exact) mass is 259 g/mol. The molecule has 0 fully saturated rings. The first-order chi connectivity index (χ1) is 8.79. The van der Waals surface area contributed by atoms with Crippen molar-refractivity contribution in [1.29, 1.82) is 0 Å². The third-order valence-electron chi connectivity index (χ3n) is 2.69. The summed E-state index contributed by atoms with van der Waals surface area (Å²) in [6, 6.07) is 2.04. The van der Waals surface area contributed by atoms with E-state index in [1.807, 2.05) is 29.3 Å². The van der Waals surface area contributed by atoms with Gasteiger partial charge in [0, 0.05) is 26.0 Å². The minimum Gasteiger partial charge on any atom is -0.370 e. The fraction of sp³-hybridized carbons (Fsp3) is 0.250. The van der Waals surface area contributed by atoms with Gasteiger partial charge in [-0.3, -0.25) is 0 Å². The van der Waals surface area contributed by atoms with Crippen LogP contribution >= 0.6 is 11.3 Å². The van der Waals surface area contributed by atoms with Gasteiger partial charge >= 0.3 is 0 Å². The molecule has 92 valence electrons. The molecule has 6 heteroatoms. The van der Waals surface area contributed by atoms with Crippen molar-refractivity contribution in [1.82, 2.24) is 19.5 Å². The molecule has 0 saturated carbocycles. The molecule has 0 radical (unpaired) electrons. The van der Waals surface area contributed by atoms with Crippen LogP contribution in [0.4, 0.5) is 5.82 Å². The van der Waals surface area contributed by atoms with Crippen molar-refractivity contribution < 1.29 is 0 Å². The first-order valence-corrected chi connectivity index (χ1v) is 6.64. The van der Waals surface area contributed by atoms with Gasteiger partial charge < -0.3 is 9.88 Å². The highest BCUT2D eigenvalue weighted by molar-refractivity contribution is 7.16. The van der Waals surface area contributed by atoms with Gasteiger partial charge in [0.2, 0.25) is 0 Å². The van der Waals surface area contributed by atoms with Gasteiger partial charge in [-0.2, -0.15) is 0 Å². The second-order valence-electron chi connectivity index (χ2n) is 3.93. The first-order valence-electron chi connectivity index (χ1n) is 5.76. The lowest BCUT2D eigenvalue weighted by atomic mass is 10.3. The molecule has 3 aromatic heterocycles. The van der Waals surface area contributed by atoms with Gasteiger partial charge in [0.25, 0.3) is 0 Å². The molecule has 3 heterocycles. The van der Waals surface area contributed by atoms with Crippen molar-refractivity contribution in [3.8, 4) is 11.6 Å². The van der Waals surface area contributed by atoms with E-state index in [1.165, 1.54) is 0 Å². The molecule has 0 bridgehead atoms. The summed E-state index contributed by atoms with van der Waals surface area (Å²) in [6.07, 6.45) is 3.65. The highest BCUT2D eigenvalue weighted by atomic mass is 32.1. The van der Waals surface area contributed by atoms with E-state index in [2.05, 4.69) is 27.2 Å². The zero-order valence-electron chi connectivity index (χ0n) is 10.2. The Kier molecular flexibility index (Phi) is 2.71. The lowest BCUT2D eigenvalue weighted by molar-refractivity contribution is 0.909. The topological polar surface area (TPSA) is 55.6 Å².